The molecule has 0 unspecified atom stereocenters. The van der Waals surface area contributed by atoms with Crippen molar-refractivity contribution in [2.75, 3.05) is 43.5 Å². The number of ether oxygens (including phenoxy) is 2. The summed E-state index contributed by atoms with van der Waals surface area (Å²) >= 11 is 0.753. The lowest BCUT2D eigenvalue weighted by Gasteiger charge is -2.26. The molecule has 1 fully saturated rings. The van der Waals surface area contributed by atoms with Crippen LogP contribution in [0.1, 0.15) is 15.9 Å². The number of anilines is 2. The zero-order chi connectivity index (χ0) is 28.2. The minimum Gasteiger partial charge on any atom is -0.404 e. The summed E-state index contributed by atoms with van der Waals surface area (Å²) in [5.74, 6) is -2.20. The van der Waals surface area contributed by atoms with Gasteiger partial charge < -0.3 is 14.8 Å². The van der Waals surface area contributed by atoms with Gasteiger partial charge in [-0.2, -0.15) is 13.2 Å². The molecule has 2 amide bonds. The van der Waals surface area contributed by atoms with Gasteiger partial charge in [0.05, 0.1) is 31.0 Å². The van der Waals surface area contributed by atoms with E-state index in [9.17, 15) is 35.9 Å². The molecule has 1 aromatic carbocycles. The van der Waals surface area contributed by atoms with E-state index >= 15 is 0 Å². The molecule has 1 aliphatic rings. The molecule has 0 atom stereocenters. The highest BCUT2D eigenvalue weighted by molar-refractivity contribution is 7.18. The Balaban J connectivity index is 1.50. The monoisotopic (exact) mass is 576 g/mol. The zero-order valence-corrected chi connectivity index (χ0v) is 20.4. The number of pyridine rings is 1. The Morgan fingerprint density at radius 1 is 1.03 bits per heavy atom. The van der Waals surface area contributed by atoms with Crippen LogP contribution in [0.15, 0.2) is 36.7 Å². The summed E-state index contributed by atoms with van der Waals surface area (Å²) < 4.78 is 86.7. The number of nitrogens with zero attached hydrogens (tertiary/aromatic N) is 4. The largest absolute Gasteiger partial charge is 0.573 e. The molecule has 1 saturated heterocycles. The van der Waals surface area contributed by atoms with Gasteiger partial charge in [-0.15, -0.1) is 23.4 Å². The summed E-state index contributed by atoms with van der Waals surface area (Å²) in [6.07, 6.45) is -7.89. The average molecular weight is 576 g/mol. The fourth-order valence-electron chi connectivity index (χ4n) is 3.41. The third-order valence-electron chi connectivity index (χ3n) is 5.17. The van der Waals surface area contributed by atoms with Gasteiger partial charge in [0.1, 0.15) is 0 Å². The van der Waals surface area contributed by atoms with Crippen molar-refractivity contribution in [1.82, 2.24) is 20.1 Å². The second-order valence-corrected chi connectivity index (χ2v) is 9.00. The van der Waals surface area contributed by atoms with Gasteiger partial charge in [-0.05, 0) is 24.3 Å². The molecule has 39 heavy (non-hydrogen) atoms. The zero-order valence-electron chi connectivity index (χ0n) is 19.6. The van der Waals surface area contributed by atoms with Crippen molar-refractivity contribution >= 4 is 34.0 Å². The van der Waals surface area contributed by atoms with E-state index in [1.807, 2.05) is 0 Å². The molecular weight excluding hydrogens is 558 g/mol. The van der Waals surface area contributed by atoms with Gasteiger partial charge >= 0.3 is 12.5 Å². The van der Waals surface area contributed by atoms with Crippen molar-refractivity contribution in [3.63, 3.8) is 0 Å². The van der Waals surface area contributed by atoms with Crippen LogP contribution >= 0.6 is 11.3 Å². The number of hydrogen-bond donors (Lipinski definition) is 2. The van der Waals surface area contributed by atoms with Gasteiger partial charge in [0.25, 0.3) is 5.91 Å². The Morgan fingerprint density at radius 2 is 1.77 bits per heavy atom. The molecular formula is C22H18F6N6O4S. The quantitative estimate of drug-likeness (QED) is 0.405. The summed E-state index contributed by atoms with van der Waals surface area (Å²) in [5.41, 5.74) is -1.54. The molecule has 17 heteroatoms. The lowest BCUT2D eigenvalue weighted by atomic mass is 10.1. The van der Waals surface area contributed by atoms with Crippen molar-refractivity contribution in [3.05, 3.63) is 47.8 Å². The van der Waals surface area contributed by atoms with E-state index in [1.54, 1.807) is 4.90 Å². The first kappa shape index (κ1) is 28.2. The summed E-state index contributed by atoms with van der Waals surface area (Å²) in [6.45, 7) is 1.61. The van der Waals surface area contributed by atoms with Gasteiger partial charge in [0.2, 0.25) is 11.0 Å². The smallest absolute Gasteiger partial charge is 0.404 e. The molecule has 3 aromatic rings. The van der Waals surface area contributed by atoms with E-state index in [1.165, 1.54) is 0 Å². The van der Waals surface area contributed by atoms with E-state index in [2.05, 4.69) is 30.6 Å². The molecule has 4 rings (SSSR count). The van der Waals surface area contributed by atoms with E-state index in [-0.39, 0.29) is 27.8 Å². The second kappa shape index (κ2) is 11.5. The van der Waals surface area contributed by atoms with Crippen LogP contribution < -0.4 is 15.4 Å². The number of hydrogen-bond acceptors (Lipinski definition) is 9. The number of carbonyl (C=O) groups excluding carboxylic acids is 2. The van der Waals surface area contributed by atoms with Crippen LogP contribution in [0, 0.1) is 0 Å². The molecule has 0 saturated carbocycles. The van der Waals surface area contributed by atoms with Crippen LogP contribution in [0.25, 0.3) is 10.6 Å². The highest BCUT2D eigenvalue weighted by Gasteiger charge is 2.33. The van der Waals surface area contributed by atoms with Crippen molar-refractivity contribution in [2.45, 2.75) is 12.5 Å². The Labute approximate surface area is 219 Å². The van der Waals surface area contributed by atoms with Crippen LogP contribution in [0.4, 0.5) is 37.2 Å². The number of nitrogens with one attached hydrogen (secondary N) is 2. The normalized spacial score (nSPS) is 14.6. The summed E-state index contributed by atoms with van der Waals surface area (Å²) in [7, 11) is 0. The van der Waals surface area contributed by atoms with Gasteiger partial charge in [0, 0.05) is 36.6 Å². The maximum absolute atomic E-state index is 13.0. The highest BCUT2D eigenvalue weighted by Crippen LogP contribution is 2.34. The van der Waals surface area contributed by atoms with Gasteiger partial charge in [-0.3, -0.25) is 24.8 Å². The number of benzene rings is 1. The minimum atomic E-state index is -5.06. The van der Waals surface area contributed by atoms with Crippen LogP contribution in [0.2, 0.25) is 0 Å². The van der Waals surface area contributed by atoms with Gasteiger partial charge in [-0.1, -0.05) is 11.3 Å². The SMILES string of the molecule is O=C(CN1CCOCC1)Nc1cc(C(=O)Nc2nnc(-c3cncc(C(F)(F)F)c3)s2)ccc1OC(F)(F)F. The summed E-state index contributed by atoms with van der Waals surface area (Å²) in [5, 5.41) is 12.1. The number of rotatable bonds is 7. The number of alkyl halides is 6. The third kappa shape index (κ3) is 7.84. The predicted molar refractivity (Wildman–Crippen MR) is 125 cm³/mol. The van der Waals surface area contributed by atoms with Crippen molar-refractivity contribution in [3.8, 4) is 16.3 Å². The van der Waals surface area contributed by atoms with E-state index in [0.29, 0.717) is 32.5 Å². The molecule has 0 bridgehead atoms. The maximum atomic E-state index is 13.0. The lowest BCUT2D eigenvalue weighted by Crippen LogP contribution is -2.41. The predicted octanol–water partition coefficient (Wildman–Crippen LogP) is 4.04. The highest BCUT2D eigenvalue weighted by atomic mass is 32.1. The number of aromatic nitrogens is 3. The molecule has 2 aromatic heterocycles. The van der Waals surface area contributed by atoms with Crippen LogP contribution in [0.3, 0.4) is 0 Å². The maximum Gasteiger partial charge on any atom is 0.573 e. The first-order valence-corrected chi connectivity index (χ1v) is 11.9. The van der Waals surface area contributed by atoms with Crippen molar-refractivity contribution < 1.29 is 45.4 Å². The molecule has 10 nitrogen and oxygen atoms in total. The lowest BCUT2D eigenvalue weighted by molar-refractivity contribution is -0.274. The molecule has 0 spiro atoms. The molecule has 0 radical (unpaired) electrons. The van der Waals surface area contributed by atoms with Crippen LogP contribution in [0.5, 0.6) is 5.75 Å². The van der Waals surface area contributed by atoms with Gasteiger partial charge in [0.15, 0.2) is 10.8 Å². The second-order valence-electron chi connectivity index (χ2n) is 8.02. The summed E-state index contributed by atoms with van der Waals surface area (Å²) in [6, 6.07) is 3.72. The minimum absolute atomic E-state index is 0.0155. The first-order chi connectivity index (χ1) is 18.4. The fourth-order valence-corrected chi connectivity index (χ4v) is 4.13. The van der Waals surface area contributed by atoms with E-state index in [0.717, 1.165) is 41.8 Å². The van der Waals surface area contributed by atoms with E-state index in [4.69, 9.17) is 4.74 Å². The van der Waals surface area contributed by atoms with E-state index < -0.39 is 41.4 Å². The van der Waals surface area contributed by atoms with Crippen LogP contribution in [-0.2, 0) is 15.7 Å². The van der Waals surface area contributed by atoms with Crippen molar-refractivity contribution in [2.24, 2.45) is 0 Å². The number of morpholine rings is 1. The summed E-state index contributed by atoms with van der Waals surface area (Å²) in [4.78, 5) is 30.5. The Morgan fingerprint density at radius 3 is 2.46 bits per heavy atom. The number of halogens is 6. The topological polar surface area (TPSA) is 119 Å². The Hall–Kier alpha value is -3.83. The molecule has 208 valence electrons. The average Bonchev–Trinajstić information content (AvgIpc) is 3.33. The Kier molecular flexibility index (Phi) is 8.31. The fraction of sp³-hybridized carbons (Fsp3) is 0.318. The standard InChI is InChI=1S/C22H18F6N6O4S/c23-21(24,25)14-7-13(9-29-10-14)19-32-33-20(39-19)31-18(36)12-1-2-16(38-22(26,27)28)15(8-12)30-17(35)11-34-3-5-37-6-4-34/h1-2,7-10H,3-6,11H2,(H,30,35)(H,31,33,36). The third-order valence-corrected chi connectivity index (χ3v) is 6.06. The van der Waals surface area contributed by atoms with Crippen LogP contribution in [-0.4, -0.2) is 71.1 Å². The first-order valence-electron chi connectivity index (χ1n) is 11.0. The van der Waals surface area contributed by atoms with Gasteiger partial charge in [-0.25, -0.2) is 0 Å². The number of carbonyl (C=O) groups is 2. The molecule has 1 aliphatic heterocycles. The Bertz CT molecular complexity index is 1340. The number of amides is 2. The van der Waals surface area contributed by atoms with Crippen molar-refractivity contribution in [1.29, 1.82) is 0 Å². The molecule has 3 heterocycles. The molecule has 2 N–H and O–H groups in total. The molecule has 0 aliphatic carbocycles.